The third-order valence-corrected chi connectivity index (χ3v) is 2.25. The number of rotatable bonds is 3. The first kappa shape index (κ1) is 9.78. The van der Waals surface area contributed by atoms with E-state index in [-0.39, 0.29) is 10.6 Å². The van der Waals surface area contributed by atoms with Gasteiger partial charge in [0.25, 0.3) is 5.69 Å². The van der Waals surface area contributed by atoms with Crippen LogP contribution in [0, 0.1) is 10.1 Å². The molecule has 1 aromatic carbocycles. The minimum Gasteiger partial charge on any atom is -0.259 e. The van der Waals surface area contributed by atoms with Crippen molar-refractivity contribution in [2.75, 3.05) is 0 Å². The van der Waals surface area contributed by atoms with Crippen molar-refractivity contribution >= 4 is 16.7 Å². The molecule has 1 aromatic rings. The number of non-ortho nitro benzene ring substituents is 1. The van der Waals surface area contributed by atoms with Crippen molar-refractivity contribution in [2.45, 2.75) is 4.90 Å². The molecule has 0 bridgehead atoms. The summed E-state index contributed by atoms with van der Waals surface area (Å²) in [5, 5.41) is 10.3. The molecule has 7 heteroatoms. The van der Waals surface area contributed by atoms with E-state index >= 15 is 0 Å². The van der Waals surface area contributed by atoms with Gasteiger partial charge in [-0.1, -0.05) is 6.07 Å². The fourth-order valence-electron chi connectivity index (χ4n) is 0.780. The molecule has 0 fully saturated rings. The number of nitrogens with two attached hydrogens (primary N) is 1. The predicted octanol–water partition coefficient (Wildman–Crippen LogP) is 0.0807. The average molecular weight is 201 g/mol. The lowest BCUT2D eigenvalue weighted by Gasteiger charge is -1.98. The molecule has 70 valence electrons. The predicted molar refractivity (Wildman–Crippen MR) is 46.8 cm³/mol. The first-order valence-electron chi connectivity index (χ1n) is 3.27. The highest BCUT2D eigenvalue weighted by molar-refractivity contribution is 7.83. The Labute approximate surface area is 76.5 Å². The number of hydrazine groups is 1. The fourth-order valence-corrected chi connectivity index (χ4v) is 1.35. The van der Waals surface area contributed by atoms with Crippen LogP contribution in [0.5, 0.6) is 0 Å². The van der Waals surface area contributed by atoms with Crippen LogP contribution in [0.4, 0.5) is 5.69 Å². The van der Waals surface area contributed by atoms with Crippen LogP contribution < -0.4 is 10.7 Å². The van der Waals surface area contributed by atoms with Crippen molar-refractivity contribution in [3.63, 3.8) is 0 Å². The second-order valence-electron chi connectivity index (χ2n) is 2.14. The summed E-state index contributed by atoms with van der Waals surface area (Å²) in [7, 11) is -1.59. The third-order valence-electron chi connectivity index (χ3n) is 1.35. The van der Waals surface area contributed by atoms with Crippen LogP contribution in [-0.4, -0.2) is 9.13 Å². The Morgan fingerprint density at radius 1 is 1.54 bits per heavy atom. The van der Waals surface area contributed by atoms with Gasteiger partial charge in [-0.05, 0) is 6.07 Å². The number of nitrogens with zero attached hydrogens (tertiary/aromatic N) is 1. The molecule has 0 saturated heterocycles. The molecule has 0 spiro atoms. The first-order valence-corrected chi connectivity index (χ1v) is 4.42. The Hall–Kier alpha value is -1.31. The fraction of sp³-hybridized carbons (Fsp3) is 0. The van der Waals surface area contributed by atoms with Crippen molar-refractivity contribution in [1.82, 2.24) is 4.83 Å². The van der Waals surface area contributed by atoms with E-state index in [1.807, 2.05) is 4.83 Å². The lowest BCUT2D eigenvalue weighted by molar-refractivity contribution is -0.385. The normalized spacial score (nSPS) is 12.4. The molecule has 0 heterocycles. The minimum atomic E-state index is -1.59. The van der Waals surface area contributed by atoms with Crippen LogP contribution in [0.2, 0.25) is 0 Å². The molecule has 0 aromatic heterocycles. The standard InChI is InChI=1S/C6H7N3O3S/c7-8-13(12)6-3-1-2-5(4-6)9(10)11/h1-4,8H,7H2. The van der Waals surface area contributed by atoms with E-state index in [2.05, 4.69) is 0 Å². The number of nitro benzene ring substituents is 1. The number of nitro groups is 1. The van der Waals surface area contributed by atoms with Gasteiger partial charge in [0.1, 0.15) is 11.0 Å². The zero-order chi connectivity index (χ0) is 9.84. The Kier molecular flexibility index (Phi) is 3.07. The van der Waals surface area contributed by atoms with Crippen molar-refractivity contribution in [3.8, 4) is 0 Å². The van der Waals surface area contributed by atoms with Gasteiger partial charge in [0.2, 0.25) is 0 Å². The molecular weight excluding hydrogens is 194 g/mol. The second-order valence-corrected chi connectivity index (χ2v) is 3.39. The highest BCUT2D eigenvalue weighted by Crippen LogP contribution is 2.14. The van der Waals surface area contributed by atoms with E-state index in [9.17, 15) is 14.3 Å². The van der Waals surface area contributed by atoms with Gasteiger partial charge in [0, 0.05) is 12.1 Å². The van der Waals surface area contributed by atoms with Gasteiger partial charge in [-0.3, -0.25) is 16.0 Å². The Bertz CT molecular complexity index is 355. The van der Waals surface area contributed by atoms with E-state index in [1.54, 1.807) is 0 Å². The number of hydrogen-bond donors (Lipinski definition) is 2. The third kappa shape index (κ3) is 2.31. The average Bonchev–Trinajstić information content (AvgIpc) is 2.17. The van der Waals surface area contributed by atoms with Crippen molar-refractivity contribution in [3.05, 3.63) is 34.4 Å². The summed E-state index contributed by atoms with van der Waals surface area (Å²) in [4.78, 5) is 12.0. The SMILES string of the molecule is NNS(=O)c1cccc([N+](=O)[O-])c1. The maximum Gasteiger partial charge on any atom is 0.270 e. The van der Waals surface area contributed by atoms with Crippen LogP contribution in [0.3, 0.4) is 0 Å². The summed E-state index contributed by atoms with van der Waals surface area (Å²) in [6.07, 6.45) is 0. The molecular formula is C6H7N3O3S. The van der Waals surface area contributed by atoms with Gasteiger partial charge in [0.05, 0.1) is 9.82 Å². The Balaban J connectivity index is 3.05. The molecule has 0 saturated carbocycles. The van der Waals surface area contributed by atoms with Gasteiger partial charge in [-0.15, -0.1) is 0 Å². The zero-order valence-corrected chi connectivity index (χ0v) is 7.28. The maximum absolute atomic E-state index is 11.0. The van der Waals surface area contributed by atoms with E-state index in [4.69, 9.17) is 5.84 Å². The van der Waals surface area contributed by atoms with Gasteiger partial charge in [-0.25, -0.2) is 4.21 Å². The summed E-state index contributed by atoms with van der Waals surface area (Å²) in [5.74, 6) is 4.91. The van der Waals surface area contributed by atoms with Crippen molar-refractivity contribution in [1.29, 1.82) is 0 Å². The molecule has 1 rings (SSSR count). The molecule has 1 unspecified atom stereocenters. The molecule has 0 radical (unpaired) electrons. The molecule has 3 N–H and O–H groups in total. The van der Waals surface area contributed by atoms with Crippen molar-refractivity contribution in [2.24, 2.45) is 5.84 Å². The molecule has 0 amide bonds. The topological polar surface area (TPSA) is 98.3 Å². The van der Waals surface area contributed by atoms with Crippen LogP contribution >= 0.6 is 0 Å². The number of nitrogens with one attached hydrogen (secondary N) is 1. The monoisotopic (exact) mass is 201 g/mol. The van der Waals surface area contributed by atoms with E-state index in [0.717, 1.165) is 0 Å². The minimum absolute atomic E-state index is 0.110. The van der Waals surface area contributed by atoms with Crippen LogP contribution in [0.1, 0.15) is 0 Å². The summed E-state index contributed by atoms with van der Waals surface area (Å²) in [6, 6.07) is 5.46. The van der Waals surface area contributed by atoms with Crippen LogP contribution in [0.15, 0.2) is 29.2 Å². The van der Waals surface area contributed by atoms with E-state index in [0.29, 0.717) is 0 Å². The maximum atomic E-state index is 11.0. The summed E-state index contributed by atoms with van der Waals surface area (Å²) in [6.45, 7) is 0. The summed E-state index contributed by atoms with van der Waals surface area (Å²) < 4.78 is 11.0. The van der Waals surface area contributed by atoms with Gasteiger partial charge < -0.3 is 0 Å². The first-order chi connectivity index (χ1) is 6.15. The highest BCUT2D eigenvalue weighted by Gasteiger charge is 2.08. The molecule has 0 aliphatic rings. The highest BCUT2D eigenvalue weighted by atomic mass is 32.2. The van der Waals surface area contributed by atoms with Gasteiger partial charge in [0.15, 0.2) is 0 Å². The van der Waals surface area contributed by atoms with Crippen LogP contribution in [-0.2, 0) is 11.0 Å². The second kappa shape index (κ2) is 4.08. The number of hydrogen-bond acceptors (Lipinski definition) is 4. The quantitative estimate of drug-likeness (QED) is 0.411. The van der Waals surface area contributed by atoms with E-state index < -0.39 is 15.9 Å². The molecule has 6 nitrogen and oxygen atoms in total. The molecule has 1 atom stereocenters. The smallest absolute Gasteiger partial charge is 0.259 e. The van der Waals surface area contributed by atoms with Gasteiger partial charge in [-0.2, -0.15) is 4.83 Å². The van der Waals surface area contributed by atoms with Crippen molar-refractivity contribution < 1.29 is 9.13 Å². The number of benzene rings is 1. The van der Waals surface area contributed by atoms with E-state index in [1.165, 1.54) is 24.3 Å². The molecule has 13 heavy (non-hydrogen) atoms. The van der Waals surface area contributed by atoms with Crippen LogP contribution in [0.25, 0.3) is 0 Å². The summed E-state index contributed by atoms with van der Waals surface area (Å²) in [5.41, 5.74) is -0.110. The lowest BCUT2D eigenvalue weighted by atomic mass is 10.3. The lowest BCUT2D eigenvalue weighted by Crippen LogP contribution is -2.24. The Morgan fingerprint density at radius 3 is 2.77 bits per heavy atom. The summed E-state index contributed by atoms with van der Waals surface area (Å²) >= 11 is 0. The molecule has 0 aliphatic carbocycles. The zero-order valence-electron chi connectivity index (χ0n) is 6.47. The molecule has 0 aliphatic heterocycles. The largest absolute Gasteiger partial charge is 0.270 e. The Morgan fingerprint density at radius 2 is 2.23 bits per heavy atom. The van der Waals surface area contributed by atoms with Gasteiger partial charge >= 0.3 is 0 Å².